The highest BCUT2D eigenvalue weighted by Crippen LogP contribution is 2.31. The predicted octanol–water partition coefficient (Wildman–Crippen LogP) is 2.62. The lowest BCUT2D eigenvalue weighted by Gasteiger charge is -2.14. The molecule has 0 saturated carbocycles. The fourth-order valence-electron chi connectivity index (χ4n) is 2.43. The Balaban J connectivity index is 1.72. The van der Waals surface area contributed by atoms with Crippen molar-refractivity contribution in [3.63, 3.8) is 0 Å². The molecule has 0 radical (unpaired) electrons. The van der Waals surface area contributed by atoms with Gasteiger partial charge in [-0.25, -0.2) is 0 Å². The number of ether oxygens (including phenoxy) is 1. The number of anilines is 1. The van der Waals surface area contributed by atoms with Crippen LogP contribution >= 0.6 is 0 Å². The lowest BCUT2D eigenvalue weighted by atomic mass is 10.1. The summed E-state index contributed by atoms with van der Waals surface area (Å²) in [4.78, 5) is 14.3. The van der Waals surface area contributed by atoms with E-state index in [1.807, 2.05) is 67.5 Å². The van der Waals surface area contributed by atoms with Crippen molar-refractivity contribution in [2.45, 2.75) is 6.04 Å². The van der Waals surface area contributed by atoms with E-state index < -0.39 is 0 Å². The van der Waals surface area contributed by atoms with Crippen molar-refractivity contribution >= 4 is 11.6 Å². The molecule has 2 aromatic rings. The largest absolute Gasteiger partial charge is 0.491 e. The quantitative estimate of drug-likeness (QED) is 0.941. The summed E-state index contributed by atoms with van der Waals surface area (Å²) in [6.07, 6.45) is 0. The molecule has 0 fully saturated rings. The lowest BCUT2D eigenvalue weighted by Crippen LogP contribution is -2.29. The zero-order valence-electron chi connectivity index (χ0n) is 12.2. The highest BCUT2D eigenvalue weighted by atomic mass is 16.5. The molecule has 0 bridgehead atoms. The first kappa shape index (κ1) is 13.5. The Labute approximate surface area is 124 Å². The molecule has 0 spiro atoms. The number of benzene rings is 2. The molecule has 1 heterocycles. The van der Waals surface area contributed by atoms with Crippen LogP contribution in [0.2, 0.25) is 0 Å². The van der Waals surface area contributed by atoms with E-state index in [0.717, 1.165) is 17.0 Å². The molecule has 108 valence electrons. The maximum absolute atomic E-state index is 12.3. The van der Waals surface area contributed by atoms with Gasteiger partial charge >= 0.3 is 0 Å². The summed E-state index contributed by atoms with van der Waals surface area (Å²) in [7, 11) is 3.95. The molecule has 2 aromatic carbocycles. The molecular weight excluding hydrogens is 264 g/mol. The summed E-state index contributed by atoms with van der Waals surface area (Å²) >= 11 is 0. The van der Waals surface area contributed by atoms with Gasteiger partial charge in [0.25, 0.3) is 5.91 Å². The van der Waals surface area contributed by atoms with Crippen LogP contribution in [0, 0.1) is 0 Å². The van der Waals surface area contributed by atoms with Gasteiger partial charge in [-0.05, 0) is 30.3 Å². The monoisotopic (exact) mass is 282 g/mol. The Bertz CT molecular complexity index is 650. The molecule has 4 heteroatoms. The van der Waals surface area contributed by atoms with E-state index in [-0.39, 0.29) is 11.9 Å². The van der Waals surface area contributed by atoms with Crippen LogP contribution in [0.5, 0.6) is 5.75 Å². The van der Waals surface area contributed by atoms with E-state index in [2.05, 4.69) is 5.32 Å². The third-order valence-corrected chi connectivity index (χ3v) is 3.65. The fraction of sp³-hybridized carbons (Fsp3) is 0.235. The first-order valence-corrected chi connectivity index (χ1v) is 6.95. The van der Waals surface area contributed by atoms with Gasteiger partial charge in [-0.15, -0.1) is 0 Å². The predicted molar refractivity (Wildman–Crippen MR) is 82.9 cm³/mol. The van der Waals surface area contributed by atoms with Crippen molar-refractivity contribution in [1.82, 2.24) is 5.32 Å². The fourth-order valence-corrected chi connectivity index (χ4v) is 2.43. The molecule has 21 heavy (non-hydrogen) atoms. The zero-order valence-corrected chi connectivity index (χ0v) is 12.2. The average molecular weight is 282 g/mol. The van der Waals surface area contributed by atoms with Gasteiger partial charge in [0.05, 0.1) is 6.04 Å². The summed E-state index contributed by atoms with van der Waals surface area (Å²) < 4.78 is 5.58. The van der Waals surface area contributed by atoms with Gasteiger partial charge in [-0.1, -0.05) is 18.2 Å². The van der Waals surface area contributed by atoms with Crippen LogP contribution in [-0.2, 0) is 0 Å². The number of fused-ring (bicyclic) bond motifs is 1. The van der Waals surface area contributed by atoms with E-state index in [0.29, 0.717) is 12.2 Å². The van der Waals surface area contributed by atoms with Gasteiger partial charge in [-0.3, -0.25) is 4.79 Å². The first-order chi connectivity index (χ1) is 10.1. The van der Waals surface area contributed by atoms with E-state index in [1.54, 1.807) is 0 Å². The summed E-state index contributed by atoms with van der Waals surface area (Å²) in [5, 5.41) is 3.02. The van der Waals surface area contributed by atoms with Crippen molar-refractivity contribution in [3.8, 4) is 5.75 Å². The number of carbonyl (C=O) groups is 1. The minimum Gasteiger partial charge on any atom is -0.491 e. The zero-order chi connectivity index (χ0) is 14.8. The van der Waals surface area contributed by atoms with Gasteiger partial charge in [0.1, 0.15) is 12.4 Å². The number of para-hydroxylation sites is 1. The standard InChI is InChI=1S/C17H18N2O2/c1-19(2)13-9-7-12(8-10-13)17(20)18-15-11-21-16-6-4-3-5-14(15)16/h3-10,15H,11H2,1-2H3,(H,18,20). The van der Waals surface area contributed by atoms with Gasteiger partial charge in [0, 0.05) is 30.9 Å². The Morgan fingerprint density at radius 2 is 1.86 bits per heavy atom. The Hall–Kier alpha value is -2.49. The van der Waals surface area contributed by atoms with Crippen molar-refractivity contribution < 1.29 is 9.53 Å². The smallest absolute Gasteiger partial charge is 0.251 e. The molecule has 1 atom stereocenters. The number of carbonyl (C=O) groups excluding carboxylic acids is 1. The second kappa shape index (κ2) is 5.48. The molecular formula is C17H18N2O2. The molecule has 0 saturated heterocycles. The first-order valence-electron chi connectivity index (χ1n) is 6.95. The highest BCUT2D eigenvalue weighted by molar-refractivity contribution is 5.94. The van der Waals surface area contributed by atoms with Crippen LogP contribution < -0.4 is 15.0 Å². The van der Waals surface area contributed by atoms with Crippen LogP contribution in [0.3, 0.4) is 0 Å². The average Bonchev–Trinajstić information content (AvgIpc) is 2.91. The maximum atomic E-state index is 12.3. The molecule has 4 nitrogen and oxygen atoms in total. The summed E-state index contributed by atoms with van der Waals surface area (Å²) in [5.41, 5.74) is 2.77. The van der Waals surface area contributed by atoms with Gasteiger partial charge in [-0.2, -0.15) is 0 Å². The minimum atomic E-state index is -0.0813. The van der Waals surface area contributed by atoms with E-state index in [1.165, 1.54) is 0 Å². The van der Waals surface area contributed by atoms with Crippen molar-refractivity contribution in [3.05, 3.63) is 59.7 Å². The Kier molecular flexibility index (Phi) is 3.52. The molecule has 1 aliphatic rings. The molecule has 1 aliphatic heterocycles. The van der Waals surface area contributed by atoms with Gasteiger partial charge in [0.15, 0.2) is 0 Å². The molecule has 1 unspecified atom stereocenters. The highest BCUT2D eigenvalue weighted by Gasteiger charge is 2.25. The Morgan fingerprint density at radius 3 is 2.57 bits per heavy atom. The number of hydrogen-bond acceptors (Lipinski definition) is 3. The van der Waals surface area contributed by atoms with Crippen LogP contribution in [0.15, 0.2) is 48.5 Å². The topological polar surface area (TPSA) is 41.6 Å². The number of amides is 1. The van der Waals surface area contributed by atoms with Crippen LogP contribution in [0.4, 0.5) is 5.69 Å². The van der Waals surface area contributed by atoms with Gasteiger partial charge in [0.2, 0.25) is 0 Å². The number of hydrogen-bond donors (Lipinski definition) is 1. The van der Waals surface area contributed by atoms with Crippen molar-refractivity contribution in [1.29, 1.82) is 0 Å². The van der Waals surface area contributed by atoms with Crippen LogP contribution in [-0.4, -0.2) is 26.6 Å². The minimum absolute atomic E-state index is 0.0781. The van der Waals surface area contributed by atoms with Crippen LogP contribution in [0.25, 0.3) is 0 Å². The molecule has 0 aromatic heterocycles. The normalized spacial score (nSPS) is 16.0. The number of rotatable bonds is 3. The Morgan fingerprint density at radius 1 is 1.14 bits per heavy atom. The van der Waals surface area contributed by atoms with Crippen LogP contribution in [0.1, 0.15) is 22.0 Å². The second-order valence-electron chi connectivity index (χ2n) is 5.32. The van der Waals surface area contributed by atoms with E-state index in [4.69, 9.17) is 4.74 Å². The summed E-state index contributed by atoms with van der Waals surface area (Å²) in [5.74, 6) is 0.774. The molecule has 1 amide bonds. The lowest BCUT2D eigenvalue weighted by molar-refractivity contribution is 0.0930. The molecule has 0 aliphatic carbocycles. The summed E-state index contributed by atoms with van der Waals surface area (Å²) in [6.45, 7) is 0.487. The third kappa shape index (κ3) is 2.70. The maximum Gasteiger partial charge on any atom is 0.251 e. The third-order valence-electron chi connectivity index (χ3n) is 3.65. The number of nitrogens with zero attached hydrogens (tertiary/aromatic N) is 1. The van der Waals surface area contributed by atoms with Gasteiger partial charge < -0.3 is 15.0 Å². The van der Waals surface area contributed by atoms with E-state index in [9.17, 15) is 4.79 Å². The van der Waals surface area contributed by atoms with E-state index >= 15 is 0 Å². The molecule has 3 rings (SSSR count). The number of nitrogens with one attached hydrogen (secondary N) is 1. The van der Waals surface area contributed by atoms with Crippen molar-refractivity contribution in [2.75, 3.05) is 25.6 Å². The second-order valence-corrected chi connectivity index (χ2v) is 5.32. The SMILES string of the molecule is CN(C)c1ccc(C(=O)NC2COc3ccccc32)cc1. The summed E-state index contributed by atoms with van der Waals surface area (Å²) in [6, 6.07) is 15.3. The molecule has 1 N–H and O–H groups in total. The van der Waals surface area contributed by atoms with Crippen molar-refractivity contribution in [2.24, 2.45) is 0 Å².